The average Bonchev–Trinajstić information content (AvgIpc) is 2.54. The van der Waals surface area contributed by atoms with E-state index in [2.05, 4.69) is 5.32 Å². The van der Waals surface area contributed by atoms with Crippen molar-refractivity contribution in [3.63, 3.8) is 0 Å². The first-order chi connectivity index (χ1) is 11.7. The number of amides is 1. The van der Waals surface area contributed by atoms with E-state index in [1.54, 1.807) is 24.3 Å². The summed E-state index contributed by atoms with van der Waals surface area (Å²) in [5, 5.41) is 2.93. The van der Waals surface area contributed by atoms with Crippen LogP contribution in [0, 0.1) is 11.6 Å². The summed E-state index contributed by atoms with van der Waals surface area (Å²) in [6.45, 7) is -0.0522. The highest BCUT2D eigenvalue weighted by Gasteiger charge is 2.17. The van der Waals surface area contributed by atoms with E-state index in [4.69, 9.17) is 11.6 Å². The van der Waals surface area contributed by atoms with E-state index in [0.29, 0.717) is 10.7 Å². The Hall–Kier alpha value is -2.19. The number of anilines is 1. The van der Waals surface area contributed by atoms with E-state index < -0.39 is 27.6 Å². The molecule has 0 heterocycles. The van der Waals surface area contributed by atoms with Crippen molar-refractivity contribution in [3.8, 4) is 0 Å². The molecule has 2 aromatic rings. The first kappa shape index (κ1) is 19.1. The van der Waals surface area contributed by atoms with Crippen LogP contribution in [-0.2, 0) is 10.0 Å². The first-order valence-corrected chi connectivity index (χ1v) is 9.37. The summed E-state index contributed by atoms with van der Waals surface area (Å²) < 4.78 is 51.0. The van der Waals surface area contributed by atoms with Gasteiger partial charge in [-0.15, -0.1) is 0 Å². The zero-order chi connectivity index (χ0) is 18.6. The topological polar surface area (TPSA) is 66.5 Å². The third-order valence-electron chi connectivity index (χ3n) is 3.30. The minimum atomic E-state index is -3.58. The second kappa shape index (κ2) is 7.79. The number of rotatable bonds is 6. The van der Waals surface area contributed by atoms with Gasteiger partial charge in [0.1, 0.15) is 0 Å². The van der Waals surface area contributed by atoms with Crippen molar-refractivity contribution in [1.82, 2.24) is 5.32 Å². The van der Waals surface area contributed by atoms with E-state index >= 15 is 0 Å². The van der Waals surface area contributed by atoms with Crippen molar-refractivity contribution >= 4 is 33.2 Å². The Kier molecular flexibility index (Phi) is 5.97. The van der Waals surface area contributed by atoms with Crippen molar-refractivity contribution in [2.24, 2.45) is 0 Å². The summed E-state index contributed by atoms with van der Waals surface area (Å²) in [7, 11) is -3.58. The molecule has 0 fully saturated rings. The highest BCUT2D eigenvalue weighted by molar-refractivity contribution is 7.92. The summed E-state index contributed by atoms with van der Waals surface area (Å²) in [4.78, 5) is 11.9. The molecule has 0 spiro atoms. The van der Waals surface area contributed by atoms with Crippen molar-refractivity contribution < 1.29 is 22.0 Å². The quantitative estimate of drug-likeness (QED) is 0.827. The van der Waals surface area contributed by atoms with Gasteiger partial charge in [-0.05, 0) is 42.5 Å². The van der Waals surface area contributed by atoms with Gasteiger partial charge in [0.2, 0.25) is 10.0 Å². The third-order valence-corrected chi connectivity index (χ3v) is 4.74. The number of carbonyl (C=O) groups excluding carboxylic acids is 1. The van der Waals surface area contributed by atoms with E-state index in [-0.39, 0.29) is 18.7 Å². The minimum absolute atomic E-state index is 0.0203. The number of nitrogens with one attached hydrogen (secondary N) is 1. The fraction of sp³-hybridized carbons (Fsp3) is 0.188. The first-order valence-electron chi connectivity index (χ1n) is 7.15. The number of benzene rings is 2. The largest absolute Gasteiger partial charge is 0.350 e. The number of hydrogen-bond donors (Lipinski definition) is 1. The zero-order valence-corrected chi connectivity index (χ0v) is 14.7. The Morgan fingerprint density at radius 2 is 1.76 bits per heavy atom. The molecule has 0 unspecified atom stereocenters. The average molecular weight is 389 g/mol. The van der Waals surface area contributed by atoms with Crippen LogP contribution in [0.15, 0.2) is 42.5 Å². The van der Waals surface area contributed by atoms with E-state index in [0.717, 1.165) is 28.8 Å². The molecule has 25 heavy (non-hydrogen) atoms. The maximum atomic E-state index is 13.1. The molecule has 0 aliphatic rings. The van der Waals surface area contributed by atoms with Gasteiger partial charge >= 0.3 is 0 Å². The smallest absolute Gasteiger partial charge is 0.251 e. The number of hydrogen-bond acceptors (Lipinski definition) is 3. The summed E-state index contributed by atoms with van der Waals surface area (Å²) in [5.74, 6) is -2.82. The van der Waals surface area contributed by atoms with Gasteiger partial charge in [0, 0.05) is 17.1 Å². The molecule has 0 saturated heterocycles. The van der Waals surface area contributed by atoms with Crippen LogP contribution in [0.3, 0.4) is 0 Å². The normalized spacial score (nSPS) is 11.2. The molecule has 2 rings (SSSR count). The fourth-order valence-corrected chi connectivity index (χ4v) is 3.16. The molecule has 0 radical (unpaired) electrons. The molecule has 9 heteroatoms. The van der Waals surface area contributed by atoms with Crippen LogP contribution in [0.25, 0.3) is 0 Å². The second-order valence-corrected chi connectivity index (χ2v) is 7.54. The fourth-order valence-electron chi connectivity index (χ4n) is 2.10. The standard InChI is InChI=1S/C16H15ClF2N2O3S/c1-25(23,24)21(13-5-3-12(17)4-6-13)9-8-20-16(22)11-2-7-14(18)15(19)10-11/h2-7,10H,8-9H2,1H3,(H,20,22). The van der Waals surface area contributed by atoms with Crippen molar-refractivity contribution in [2.45, 2.75) is 0 Å². The van der Waals surface area contributed by atoms with Crippen molar-refractivity contribution in [2.75, 3.05) is 23.7 Å². The van der Waals surface area contributed by atoms with Gasteiger partial charge in [0.15, 0.2) is 11.6 Å². The van der Waals surface area contributed by atoms with Gasteiger partial charge in [-0.1, -0.05) is 11.6 Å². The molecular formula is C16H15ClF2N2O3S. The molecule has 0 aliphatic carbocycles. The molecule has 2 aromatic carbocycles. The minimum Gasteiger partial charge on any atom is -0.350 e. The number of nitrogens with zero attached hydrogens (tertiary/aromatic N) is 1. The molecule has 0 saturated carbocycles. The van der Waals surface area contributed by atoms with Gasteiger partial charge in [0.05, 0.1) is 18.5 Å². The lowest BCUT2D eigenvalue weighted by atomic mass is 10.2. The molecule has 0 bridgehead atoms. The summed E-state index contributed by atoms with van der Waals surface area (Å²) in [5.41, 5.74) is 0.338. The molecule has 5 nitrogen and oxygen atoms in total. The van der Waals surface area contributed by atoms with E-state index in [1.165, 1.54) is 0 Å². The molecule has 0 aliphatic heterocycles. The summed E-state index contributed by atoms with van der Waals surface area (Å²) >= 11 is 5.79. The Morgan fingerprint density at radius 1 is 1.12 bits per heavy atom. The van der Waals surface area contributed by atoms with Crippen LogP contribution >= 0.6 is 11.6 Å². The van der Waals surface area contributed by atoms with Crippen LogP contribution in [0.5, 0.6) is 0 Å². The second-order valence-electron chi connectivity index (χ2n) is 5.20. The van der Waals surface area contributed by atoms with Crippen LogP contribution in [-0.4, -0.2) is 33.7 Å². The summed E-state index contributed by atoms with van der Waals surface area (Å²) in [6.07, 6.45) is 1.04. The Bertz CT molecular complexity index is 873. The third kappa shape index (κ3) is 5.14. The lowest BCUT2D eigenvalue weighted by Crippen LogP contribution is -2.38. The van der Waals surface area contributed by atoms with Crippen molar-refractivity contribution in [3.05, 3.63) is 64.7 Å². The van der Waals surface area contributed by atoms with Crippen LogP contribution < -0.4 is 9.62 Å². The molecule has 1 N–H and O–H groups in total. The van der Waals surface area contributed by atoms with Gasteiger partial charge in [-0.2, -0.15) is 0 Å². The molecule has 0 atom stereocenters. The Balaban J connectivity index is 2.04. The van der Waals surface area contributed by atoms with Crippen LogP contribution in [0.4, 0.5) is 14.5 Å². The van der Waals surface area contributed by atoms with Gasteiger partial charge in [0.25, 0.3) is 5.91 Å². The highest BCUT2D eigenvalue weighted by Crippen LogP contribution is 2.20. The zero-order valence-electron chi connectivity index (χ0n) is 13.2. The monoisotopic (exact) mass is 388 g/mol. The lowest BCUT2D eigenvalue weighted by molar-refractivity contribution is 0.0954. The predicted octanol–water partition coefficient (Wildman–Crippen LogP) is 2.81. The van der Waals surface area contributed by atoms with Crippen LogP contribution in [0.2, 0.25) is 5.02 Å². The lowest BCUT2D eigenvalue weighted by Gasteiger charge is -2.22. The highest BCUT2D eigenvalue weighted by atomic mass is 35.5. The van der Waals surface area contributed by atoms with Gasteiger partial charge in [-0.3, -0.25) is 9.10 Å². The Morgan fingerprint density at radius 3 is 2.32 bits per heavy atom. The van der Waals surface area contributed by atoms with Crippen molar-refractivity contribution in [1.29, 1.82) is 0 Å². The number of halogens is 3. The van der Waals surface area contributed by atoms with Crippen LogP contribution in [0.1, 0.15) is 10.4 Å². The number of carbonyl (C=O) groups is 1. The Labute approximate surface area is 149 Å². The molecule has 1 amide bonds. The molecule has 0 aromatic heterocycles. The predicted molar refractivity (Wildman–Crippen MR) is 92.3 cm³/mol. The van der Waals surface area contributed by atoms with Gasteiger partial charge < -0.3 is 5.32 Å². The molecule has 134 valence electrons. The number of sulfonamides is 1. The summed E-state index contributed by atoms with van der Waals surface area (Å²) in [6, 6.07) is 8.95. The molecular weight excluding hydrogens is 374 g/mol. The van der Waals surface area contributed by atoms with E-state index in [9.17, 15) is 22.0 Å². The van der Waals surface area contributed by atoms with Gasteiger partial charge in [-0.25, -0.2) is 17.2 Å². The SMILES string of the molecule is CS(=O)(=O)N(CCNC(=O)c1ccc(F)c(F)c1)c1ccc(Cl)cc1. The van der Waals surface area contributed by atoms with E-state index in [1.807, 2.05) is 0 Å². The maximum absolute atomic E-state index is 13.1. The maximum Gasteiger partial charge on any atom is 0.251 e.